The minimum absolute atomic E-state index is 0.00999. The average molecular weight is 889 g/mol. The standard InChI is InChI=1S/C48H46N3O10PS/c52-39-23-21-34(22-24-39)28-43(46(54)59-25-26-63-47(55)37-19-11-4-12-20-37)49-45(53)38(29-40-31-41(51-61-40)36-17-9-3-10-18-36)30-44(62(57)58)42(27-33-13-5-1-6-14-33)50-48(56)60-32-35-15-7-2-8-16-35/h1-24,31,38,42-44H,25-30,32H2,(H3-,49,50,52,53,56,57,58)/p+1/t38?,42-,43?,44?/m1/s1. The molecular weight excluding hydrogens is 842 g/mol. The molecule has 4 N–H and O–H groups in total. The summed E-state index contributed by atoms with van der Waals surface area (Å²) >= 11 is 0.990. The third-order valence-electron chi connectivity index (χ3n) is 10.1. The molecule has 2 amide bonds. The van der Waals surface area contributed by atoms with Gasteiger partial charge in [-0.25, -0.2) is 9.59 Å². The third kappa shape index (κ3) is 14.5. The Balaban J connectivity index is 1.25. The van der Waals surface area contributed by atoms with Crippen LogP contribution in [0.5, 0.6) is 5.75 Å². The Hall–Kier alpha value is -6.60. The van der Waals surface area contributed by atoms with E-state index in [1.54, 1.807) is 60.7 Å². The molecule has 15 heteroatoms. The first-order valence-corrected chi connectivity index (χ1v) is 22.5. The van der Waals surface area contributed by atoms with Crippen molar-refractivity contribution in [1.29, 1.82) is 0 Å². The van der Waals surface area contributed by atoms with E-state index in [1.807, 2.05) is 78.9 Å². The number of carbonyl (C=O) groups excluding carboxylic acids is 4. The summed E-state index contributed by atoms with van der Waals surface area (Å²) in [6.45, 7) is -0.171. The van der Waals surface area contributed by atoms with Crippen LogP contribution in [0, 0.1) is 5.92 Å². The predicted molar refractivity (Wildman–Crippen MR) is 239 cm³/mol. The summed E-state index contributed by atoms with van der Waals surface area (Å²) in [5.41, 5.74) is 2.70. The number of carbonyl (C=O) groups is 4. The number of hydrogen-bond acceptors (Lipinski definition) is 11. The van der Waals surface area contributed by atoms with Crippen molar-refractivity contribution in [1.82, 2.24) is 15.8 Å². The number of benzene rings is 5. The van der Waals surface area contributed by atoms with Crippen LogP contribution in [-0.4, -0.2) is 68.3 Å². The van der Waals surface area contributed by atoms with Crippen LogP contribution in [0.15, 0.2) is 156 Å². The number of nitrogens with zero attached hydrogens (tertiary/aromatic N) is 1. The Morgan fingerprint density at radius 2 is 1.32 bits per heavy atom. The van der Waals surface area contributed by atoms with Gasteiger partial charge < -0.3 is 29.7 Å². The van der Waals surface area contributed by atoms with Gasteiger partial charge in [0, 0.05) is 48.1 Å². The number of alkyl carbamates (subject to hydrolysis) is 1. The molecule has 0 radical (unpaired) electrons. The average Bonchev–Trinajstić information content (AvgIpc) is 3.78. The Labute approximate surface area is 370 Å². The fourth-order valence-corrected chi connectivity index (χ4v) is 8.41. The van der Waals surface area contributed by atoms with Gasteiger partial charge in [-0.15, -0.1) is 0 Å². The maximum atomic E-state index is 14.6. The van der Waals surface area contributed by atoms with E-state index in [0.29, 0.717) is 22.6 Å². The molecule has 5 atom stereocenters. The van der Waals surface area contributed by atoms with Gasteiger partial charge in [0.15, 0.2) is 0 Å². The van der Waals surface area contributed by atoms with E-state index in [-0.39, 0.29) is 55.5 Å². The van der Waals surface area contributed by atoms with Crippen LogP contribution < -0.4 is 10.6 Å². The Morgan fingerprint density at radius 1 is 0.714 bits per heavy atom. The fourth-order valence-electron chi connectivity index (χ4n) is 6.83. The molecule has 324 valence electrons. The highest BCUT2D eigenvalue weighted by Crippen LogP contribution is 2.35. The number of rotatable bonds is 21. The summed E-state index contributed by atoms with van der Waals surface area (Å²) in [6.07, 6.45) is -1.05. The van der Waals surface area contributed by atoms with Gasteiger partial charge in [-0.1, -0.05) is 150 Å². The van der Waals surface area contributed by atoms with Crippen LogP contribution in [0.4, 0.5) is 4.79 Å². The normalized spacial score (nSPS) is 13.1. The number of aromatic nitrogens is 1. The number of phenols is 1. The second kappa shape index (κ2) is 23.6. The summed E-state index contributed by atoms with van der Waals surface area (Å²) in [7, 11) is -3.05. The fraction of sp³-hybridized carbons (Fsp3) is 0.229. The van der Waals surface area contributed by atoms with Crippen molar-refractivity contribution >= 4 is 42.9 Å². The monoisotopic (exact) mass is 888 g/mol. The molecule has 63 heavy (non-hydrogen) atoms. The SMILES string of the molecule is O=C(N[C@H](Cc1ccccc1)C(CC(Cc1cc(-c2ccccc2)no1)C(=O)NC(Cc1ccc(O)cc1)C(=O)OCCSC(=O)c1ccccc1)[P+](=O)O)OCc1ccccc1. The first-order valence-electron chi connectivity index (χ1n) is 20.3. The maximum Gasteiger partial charge on any atom is 0.510 e. The summed E-state index contributed by atoms with van der Waals surface area (Å²) in [5.74, 6) is -2.07. The van der Waals surface area contributed by atoms with Gasteiger partial charge >= 0.3 is 20.1 Å². The van der Waals surface area contributed by atoms with Crippen LogP contribution in [0.1, 0.15) is 39.2 Å². The molecule has 6 rings (SSSR count). The molecule has 0 saturated heterocycles. The highest BCUT2D eigenvalue weighted by Gasteiger charge is 2.43. The van der Waals surface area contributed by atoms with E-state index < -0.39 is 49.7 Å². The number of esters is 1. The van der Waals surface area contributed by atoms with Crippen LogP contribution in [0.25, 0.3) is 11.3 Å². The third-order valence-corrected chi connectivity index (χ3v) is 12.1. The molecule has 0 aliphatic heterocycles. The van der Waals surface area contributed by atoms with Gasteiger partial charge in [-0.3, -0.25) is 9.59 Å². The van der Waals surface area contributed by atoms with E-state index in [9.17, 15) is 33.7 Å². The number of nitrogens with one attached hydrogen (secondary N) is 2. The number of thioether (sulfide) groups is 1. The molecule has 1 aromatic heterocycles. The van der Waals surface area contributed by atoms with Gasteiger partial charge in [0.2, 0.25) is 16.7 Å². The van der Waals surface area contributed by atoms with Gasteiger partial charge in [-0.2, -0.15) is 4.89 Å². The summed E-state index contributed by atoms with van der Waals surface area (Å²) < 4.78 is 30.3. The van der Waals surface area contributed by atoms with E-state index in [4.69, 9.17) is 14.0 Å². The largest absolute Gasteiger partial charge is 0.510 e. The van der Waals surface area contributed by atoms with Crippen LogP contribution in [-0.2, 0) is 49.5 Å². The van der Waals surface area contributed by atoms with Crippen molar-refractivity contribution < 1.29 is 47.7 Å². The zero-order valence-electron chi connectivity index (χ0n) is 34.2. The Kier molecular flexibility index (Phi) is 17.2. The second-order valence-corrected chi connectivity index (χ2v) is 17.0. The molecule has 1 heterocycles. The Bertz CT molecular complexity index is 2410. The first kappa shape index (κ1) is 45.9. The lowest BCUT2D eigenvalue weighted by Gasteiger charge is -2.25. The molecule has 13 nitrogen and oxygen atoms in total. The lowest BCUT2D eigenvalue weighted by Crippen LogP contribution is -2.49. The summed E-state index contributed by atoms with van der Waals surface area (Å²) in [5, 5.41) is 19.6. The number of phenolic OH excluding ortho intramolecular Hbond substituents is 1. The highest BCUT2D eigenvalue weighted by molar-refractivity contribution is 8.14. The van der Waals surface area contributed by atoms with Gasteiger partial charge in [-0.05, 0) is 39.8 Å². The molecule has 0 aliphatic carbocycles. The highest BCUT2D eigenvalue weighted by atomic mass is 32.2. The summed E-state index contributed by atoms with van der Waals surface area (Å²) in [4.78, 5) is 65.3. The molecule has 4 unspecified atom stereocenters. The Morgan fingerprint density at radius 3 is 1.97 bits per heavy atom. The van der Waals surface area contributed by atoms with Crippen LogP contribution in [0.3, 0.4) is 0 Å². The molecule has 0 spiro atoms. The molecule has 6 aromatic rings. The van der Waals surface area contributed by atoms with Crippen molar-refractivity contribution in [2.75, 3.05) is 12.4 Å². The van der Waals surface area contributed by atoms with Crippen molar-refractivity contribution in [2.45, 2.75) is 50.0 Å². The van der Waals surface area contributed by atoms with E-state index in [1.165, 1.54) is 12.1 Å². The first-order chi connectivity index (χ1) is 30.6. The molecule has 0 fully saturated rings. The quantitative estimate of drug-likeness (QED) is 0.0309. The van der Waals surface area contributed by atoms with E-state index in [2.05, 4.69) is 15.8 Å². The zero-order valence-corrected chi connectivity index (χ0v) is 35.9. The maximum absolute atomic E-state index is 14.6. The lowest BCUT2D eigenvalue weighted by molar-refractivity contribution is -0.147. The molecule has 0 bridgehead atoms. The van der Waals surface area contributed by atoms with Crippen molar-refractivity contribution in [2.24, 2.45) is 5.92 Å². The molecule has 0 aliphatic rings. The number of ether oxygens (including phenoxy) is 2. The molecular formula is C48H47N3O10PS+. The molecule has 0 saturated carbocycles. The van der Waals surface area contributed by atoms with Crippen molar-refractivity contribution in [3.63, 3.8) is 0 Å². The predicted octanol–water partition coefficient (Wildman–Crippen LogP) is 8.08. The van der Waals surface area contributed by atoms with E-state index in [0.717, 1.165) is 28.5 Å². The van der Waals surface area contributed by atoms with E-state index >= 15 is 0 Å². The number of amides is 2. The van der Waals surface area contributed by atoms with Crippen molar-refractivity contribution in [3.8, 4) is 17.0 Å². The van der Waals surface area contributed by atoms with Gasteiger partial charge in [0.1, 0.15) is 36.5 Å². The minimum Gasteiger partial charge on any atom is -0.508 e. The molecule has 5 aromatic carbocycles. The topological polar surface area (TPSA) is 194 Å². The summed E-state index contributed by atoms with van der Waals surface area (Å²) in [6, 6.07) is 41.7. The van der Waals surface area contributed by atoms with Crippen LogP contribution in [0.2, 0.25) is 0 Å². The smallest absolute Gasteiger partial charge is 0.508 e. The van der Waals surface area contributed by atoms with Crippen LogP contribution >= 0.6 is 19.8 Å². The van der Waals surface area contributed by atoms with Gasteiger partial charge in [0.25, 0.3) is 0 Å². The number of aromatic hydroxyl groups is 1. The van der Waals surface area contributed by atoms with Gasteiger partial charge in [0.05, 0.1) is 6.04 Å². The zero-order chi connectivity index (χ0) is 44.4. The van der Waals surface area contributed by atoms with Crippen molar-refractivity contribution in [3.05, 3.63) is 180 Å². The minimum atomic E-state index is -3.05. The number of hydrogen-bond donors (Lipinski definition) is 4. The lowest BCUT2D eigenvalue weighted by atomic mass is 9.91. The second-order valence-electron chi connectivity index (χ2n) is 14.7.